The van der Waals surface area contributed by atoms with Gasteiger partial charge in [-0.2, -0.15) is 16.7 Å². The van der Waals surface area contributed by atoms with Gasteiger partial charge >= 0.3 is 21.1 Å². The van der Waals surface area contributed by atoms with Gasteiger partial charge in [-0.3, -0.25) is 4.68 Å². The van der Waals surface area contributed by atoms with Gasteiger partial charge in [-0.25, -0.2) is 4.98 Å². The standard InChI is InChI=1S/C45H38N4O.Pt/c1-29(2)34-22-23-46-42(26-34)48-40-19-13-12-18-38(40)39-21-20-36(28-41(39)48)50-37-25-31(5)24-35(27-37)49-45(33-16-10-7-11-17-33)43(44(47-49)30(3)4)32-14-8-6-9-15-32;/h6-26,29-30H,1-5H3;/q-2;+2. The largest absolute Gasteiger partial charge is 2.00 e. The molecule has 8 rings (SSSR count). The average molecular weight is 846 g/mol. The van der Waals surface area contributed by atoms with Crippen molar-refractivity contribution in [1.82, 2.24) is 19.3 Å². The molecule has 0 aliphatic rings. The number of benzene rings is 5. The Morgan fingerprint density at radius 1 is 0.667 bits per heavy atom. The predicted molar refractivity (Wildman–Crippen MR) is 204 cm³/mol. The van der Waals surface area contributed by atoms with E-state index in [0.717, 1.165) is 67.0 Å². The molecule has 254 valence electrons. The number of rotatable bonds is 8. The van der Waals surface area contributed by atoms with Gasteiger partial charge in [0, 0.05) is 34.3 Å². The molecule has 0 bridgehead atoms. The van der Waals surface area contributed by atoms with Crippen LogP contribution in [0.4, 0.5) is 0 Å². The van der Waals surface area contributed by atoms with Crippen LogP contribution < -0.4 is 4.74 Å². The fourth-order valence-electron chi connectivity index (χ4n) is 6.80. The summed E-state index contributed by atoms with van der Waals surface area (Å²) in [6.45, 7) is 10.9. The van der Waals surface area contributed by atoms with E-state index in [2.05, 4.69) is 154 Å². The zero-order valence-corrected chi connectivity index (χ0v) is 31.6. The minimum atomic E-state index is 0. The number of fused-ring (bicyclic) bond motifs is 3. The summed E-state index contributed by atoms with van der Waals surface area (Å²) in [5.41, 5.74) is 10.5. The average Bonchev–Trinajstić information content (AvgIpc) is 3.69. The number of nitrogens with zero attached hydrogens (tertiary/aromatic N) is 4. The zero-order valence-electron chi connectivity index (χ0n) is 29.3. The Hall–Kier alpha value is -5.25. The summed E-state index contributed by atoms with van der Waals surface area (Å²) in [5, 5.41) is 7.51. The Morgan fingerprint density at radius 2 is 1.37 bits per heavy atom. The van der Waals surface area contributed by atoms with Crippen LogP contribution in [-0.4, -0.2) is 19.3 Å². The topological polar surface area (TPSA) is 44.9 Å². The SMILES string of the molecule is Cc1cc(Oc2[c-]c3c(cc2)c2ccccc2n3-c2cc(C(C)C)ccn2)[c-]c(-n2nc(C(C)C)c(-c3ccccc3)c2-c2ccccc2)c1.[Pt+2]. The van der Waals surface area contributed by atoms with Crippen molar-refractivity contribution in [2.45, 2.75) is 46.5 Å². The van der Waals surface area contributed by atoms with Gasteiger partial charge in [-0.05, 0) is 52.2 Å². The van der Waals surface area contributed by atoms with Crippen LogP contribution >= 0.6 is 0 Å². The second kappa shape index (κ2) is 14.2. The number of aryl methyl sites for hydroxylation is 1. The number of aromatic nitrogens is 4. The third-order valence-electron chi connectivity index (χ3n) is 9.21. The van der Waals surface area contributed by atoms with Crippen LogP contribution in [0.15, 0.2) is 128 Å². The molecule has 5 aromatic carbocycles. The fraction of sp³-hybridized carbons (Fsp3) is 0.156. The summed E-state index contributed by atoms with van der Waals surface area (Å²) < 4.78 is 10.8. The van der Waals surface area contributed by atoms with E-state index in [1.807, 2.05) is 29.1 Å². The van der Waals surface area contributed by atoms with Crippen molar-refractivity contribution in [3.05, 3.63) is 156 Å². The third-order valence-corrected chi connectivity index (χ3v) is 9.21. The van der Waals surface area contributed by atoms with Gasteiger partial charge in [-0.1, -0.05) is 119 Å². The Labute approximate surface area is 313 Å². The van der Waals surface area contributed by atoms with Crippen LogP contribution in [0.1, 0.15) is 56.4 Å². The van der Waals surface area contributed by atoms with Crippen molar-refractivity contribution in [3.8, 4) is 45.4 Å². The van der Waals surface area contributed by atoms with E-state index in [9.17, 15) is 0 Å². The van der Waals surface area contributed by atoms with Crippen LogP contribution in [0.25, 0.3) is 55.7 Å². The summed E-state index contributed by atoms with van der Waals surface area (Å²) in [7, 11) is 0. The van der Waals surface area contributed by atoms with Gasteiger partial charge in [0.15, 0.2) is 0 Å². The van der Waals surface area contributed by atoms with E-state index in [-0.39, 0.29) is 27.0 Å². The van der Waals surface area contributed by atoms with Crippen LogP contribution in [0, 0.1) is 19.1 Å². The van der Waals surface area contributed by atoms with Crippen molar-refractivity contribution < 1.29 is 25.8 Å². The van der Waals surface area contributed by atoms with E-state index < -0.39 is 0 Å². The van der Waals surface area contributed by atoms with Crippen molar-refractivity contribution in [1.29, 1.82) is 0 Å². The van der Waals surface area contributed by atoms with Gasteiger partial charge in [0.25, 0.3) is 0 Å². The summed E-state index contributed by atoms with van der Waals surface area (Å²) >= 11 is 0. The molecular formula is C45H38N4OPt. The normalized spacial score (nSPS) is 11.4. The maximum atomic E-state index is 6.61. The molecule has 0 saturated heterocycles. The number of hydrogen-bond acceptors (Lipinski definition) is 3. The second-order valence-electron chi connectivity index (χ2n) is 13.5. The molecule has 5 nitrogen and oxygen atoms in total. The van der Waals surface area contributed by atoms with E-state index in [0.29, 0.717) is 17.4 Å². The molecule has 0 aliphatic carbocycles. The summed E-state index contributed by atoms with van der Waals surface area (Å²) in [4.78, 5) is 4.80. The maximum absolute atomic E-state index is 6.61. The first-order valence-corrected chi connectivity index (χ1v) is 17.2. The first kappa shape index (κ1) is 34.2. The molecule has 0 unspecified atom stereocenters. The minimum Gasteiger partial charge on any atom is -0.509 e. The number of pyridine rings is 1. The molecule has 8 aromatic rings. The van der Waals surface area contributed by atoms with E-state index >= 15 is 0 Å². The fourth-order valence-corrected chi connectivity index (χ4v) is 6.80. The Morgan fingerprint density at radius 3 is 2.10 bits per heavy atom. The zero-order chi connectivity index (χ0) is 34.4. The first-order valence-electron chi connectivity index (χ1n) is 17.2. The van der Waals surface area contributed by atoms with Crippen molar-refractivity contribution >= 4 is 21.8 Å². The summed E-state index contributed by atoms with van der Waals surface area (Å²) in [5.74, 6) is 2.66. The molecule has 3 aromatic heterocycles. The van der Waals surface area contributed by atoms with E-state index in [1.54, 1.807) is 0 Å². The van der Waals surface area contributed by atoms with Gasteiger partial charge in [0.1, 0.15) is 5.82 Å². The number of para-hydroxylation sites is 1. The van der Waals surface area contributed by atoms with Gasteiger partial charge in [0.05, 0.1) is 11.4 Å². The molecule has 0 radical (unpaired) electrons. The second-order valence-corrected chi connectivity index (χ2v) is 13.5. The maximum Gasteiger partial charge on any atom is 2.00 e. The molecule has 51 heavy (non-hydrogen) atoms. The Bertz CT molecular complexity index is 2480. The van der Waals surface area contributed by atoms with Crippen LogP contribution in [-0.2, 0) is 21.1 Å². The van der Waals surface area contributed by atoms with Gasteiger partial charge in [-0.15, -0.1) is 35.7 Å². The van der Waals surface area contributed by atoms with Gasteiger partial charge in [0.2, 0.25) is 0 Å². The smallest absolute Gasteiger partial charge is 0.509 e. The number of hydrogen-bond donors (Lipinski definition) is 0. The molecule has 0 fully saturated rings. The van der Waals surface area contributed by atoms with Crippen LogP contribution in [0.5, 0.6) is 11.5 Å². The number of ether oxygens (including phenoxy) is 1. The van der Waals surface area contributed by atoms with E-state index in [4.69, 9.17) is 14.8 Å². The van der Waals surface area contributed by atoms with Crippen LogP contribution in [0.2, 0.25) is 0 Å². The monoisotopic (exact) mass is 845 g/mol. The quantitative estimate of drug-likeness (QED) is 0.143. The molecular weight excluding hydrogens is 808 g/mol. The molecule has 0 spiro atoms. The predicted octanol–water partition coefficient (Wildman–Crippen LogP) is 11.6. The van der Waals surface area contributed by atoms with Crippen molar-refractivity contribution in [3.63, 3.8) is 0 Å². The molecule has 0 N–H and O–H groups in total. The Balaban J connectivity index is 0.00000406. The summed E-state index contributed by atoms with van der Waals surface area (Å²) in [6, 6.07) is 49.1. The first-order chi connectivity index (χ1) is 24.4. The minimum absolute atomic E-state index is 0. The molecule has 0 atom stereocenters. The van der Waals surface area contributed by atoms with Crippen molar-refractivity contribution in [2.75, 3.05) is 0 Å². The summed E-state index contributed by atoms with van der Waals surface area (Å²) in [6.07, 6.45) is 1.89. The molecule has 0 amide bonds. The van der Waals surface area contributed by atoms with Gasteiger partial charge < -0.3 is 9.30 Å². The third kappa shape index (κ3) is 6.43. The Kier molecular flexibility index (Phi) is 9.50. The molecule has 0 aliphatic heterocycles. The van der Waals surface area contributed by atoms with Crippen LogP contribution in [0.3, 0.4) is 0 Å². The molecule has 6 heteroatoms. The molecule has 3 heterocycles. The molecule has 0 saturated carbocycles. The van der Waals surface area contributed by atoms with E-state index in [1.165, 1.54) is 5.56 Å². The van der Waals surface area contributed by atoms with Crippen molar-refractivity contribution in [2.24, 2.45) is 0 Å².